The van der Waals surface area contributed by atoms with Crippen molar-refractivity contribution in [3.05, 3.63) is 34.1 Å². The van der Waals surface area contributed by atoms with E-state index in [4.69, 9.17) is 5.11 Å². The number of methoxy groups -OCH3 is 1. The molecule has 1 rings (SSSR count). The minimum Gasteiger partial charge on any atom is -0.478 e. The topological polar surface area (TPSA) is 76.5 Å². The Morgan fingerprint density at radius 2 is 2.24 bits per heavy atom. The monoisotopic (exact) mass is 299 g/mol. The third kappa shape index (κ3) is 4.08. The number of Topliss-reactive ketones (excluding diaryl/α,β-unsaturated/α-hetero) is 1. The number of aliphatic carboxylic acids is 1. The number of nitrogens with zero attached hydrogens (tertiary/aromatic N) is 1. The third-order valence-electron chi connectivity index (χ3n) is 1.84. The minimum absolute atomic E-state index is 0.264. The summed E-state index contributed by atoms with van der Waals surface area (Å²) in [5.74, 6) is -1.87. The van der Waals surface area contributed by atoms with Crippen molar-refractivity contribution >= 4 is 33.8 Å². The number of hydrogen-bond donors (Lipinski definition) is 1. The number of rotatable bonds is 5. The lowest BCUT2D eigenvalue weighted by molar-refractivity contribution is -0.135. The van der Waals surface area contributed by atoms with Crippen LogP contribution in [-0.4, -0.2) is 35.6 Å². The SMILES string of the molecule is COCC(=O)/C(=C/c1cncc(Br)c1)C(=O)O. The summed E-state index contributed by atoms with van der Waals surface area (Å²) >= 11 is 3.21. The maximum atomic E-state index is 11.5. The number of halogens is 1. The van der Waals surface area contributed by atoms with E-state index in [-0.39, 0.29) is 12.2 Å². The Labute approximate surface area is 106 Å². The van der Waals surface area contributed by atoms with E-state index < -0.39 is 11.8 Å². The summed E-state index contributed by atoms with van der Waals surface area (Å²) in [6.45, 7) is -0.264. The molecule has 5 nitrogen and oxygen atoms in total. The molecule has 17 heavy (non-hydrogen) atoms. The van der Waals surface area contributed by atoms with E-state index in [1.165, 1.54) is 19.4 Å². The van der Waals surface area contributed by atoms with Crippen molar-refractivity contribution in [1.82, 2.24) is 4.98 Å². The summed E-state index contributed by atoms with van der Waals surface area (Å²) in [4.78, 5) is 26.3. The van der Waals surface area contributed by atoms with Gasteiger partial charge in [0.2, 0.25) is 0 Å². The molecule has 0 bridgehead atoms. The first-order valence-corrected chi connectivity index (χ1v) is 5.41. The molecule has 0 aliphatic rings. The molecule has 0 fully saturated rings. The van der Waals surface area contributed by atoms with Gasteiger partial charge in [-0.2, -0.15) is 0 Å². The number of carbonyl (C=O) groups is 2. The predicted octanol–water partition coefficient (Wildman–Crippen LogP) is 1.53. The quantitative estimate of drug-likeness (QED) is 0.507. The molecular weight excluding hydrogens is 290 g/mol. The third-order valence-corrected chi connectivity index (χ3v) is 2.28. The summed E-state index contributed by atoms with van der Waals surface area (Å²) in [6.07, 6.45) is 4.30. The van der Waals surface area contributed by atoms with E-state index in [2.05, 4.69) is 25.7 Å². The van der Waals surface area contributed by atoms with Crippen LogP contribution in [0.15, 0.2) is 28.5 Å². The zero-order chi connectivity index (χ0) is 12.8. The van der Waals surface area contributed by atoms with E-state index >= 15 is 0 Å². The molecule has 0 unspecified atom stereocenters. The predicted molar refractivity (Wildman–Crippen MR) is 64.4 cm³/mol. The van der Waals surface area contributed by atoms with Crippen LogP contribution in [0.1, 0.15) is 5.56 Å². The average Bonchev–Trinajstić information content (AvgIpc) is 2.26. The molecular formula is C11H10BrNO4. The van der Waals surface area contributed by atoms with Crippen molar-refractivity contribution in [3.63, 3.8) is 0 Å². The highest BCUT2D eigenvalue weighted by atomic mass is 79.9. The fraction of sp³-hybridized carbons (Fsp3) is 0.182. The molecule has 1 N–H and O–H groups in total. The number of ether oxygens (including phenoxy) is 1. The molecule has 0 aromatic carbocycles. The van der Waals surface area contributed by atoms with Crippen LogP contribution in [0.2, 0.25) is 0 Å². The molecule has 90 valence electrons. The number of pyridine rings is 1. The Morgan fingerprint density at radius 1 is 1.53 bits per heavy atom. The summed E-state index contributed by atoms with van der Waals surface area (Å²) in [5.41, 5.74) is 0.202. The fourth-order valence-electron chi connectivity index (χ4n) is 1.14. The first-order chi connectivity index (χ1) is 8.04. The molecule has 0 spiro atoms. The lowest BCUT2D eigenvalue weighted by atomic mass is 10.1. The van der Waals surface area contributed by atoms with Gasteiger partial charge < -0.3 is 9.84 Å². The van der Waals surface area contributed by atoms with E-state index in [1.54, 1.807) is 12.3 Å². The Kier molecular flexibility index (Phi) is 4.99. The van der Waals surface area contributed by atoms with Crippen LogP contribution in [0.5, 0.6) is 0 Å². The van der Waals surface area contributed by atoms with E-state index in [9.17, 15) is 9.59 Å². The first kappa shape index (κ1) is 13.5. The van der Waals surface area contributed by atoms with Crippen LogP contribution < -0.4 is 0 Å². The number of hydrogen-bond acceptors (Lipinski definition) is 4. The zero-order valence-corrected chi connectivity index (χ0v) is 10.6. The molecule has 1 aromatic heterocycles. The molecule has 6 heteroatoms. The standard InChI is InChI=1S/C11H10BrNO4/c1-17-6-10(14)9(11(15)16)3-7-2-8(12)5-13-4-7/h2-5H,6H2,1H3,(H,15,16)/b9-3-. The lowest BCUT2D eigenvalue weighted by Crippen LogP contribution is -2.16. The van der Waals surface area contributed by atoms with Crippen molar-refractivity contribution in [2.45, 2.75) is 0 Å². The molecule has 0 aliphatic heterocycles. The van der Waals surface area contributed by atoms with Crippen LogP contribution in [0, 0.1) is 0 Å². The summed E-state index contributed by atoms with van der Waals surface area (Å²) in [5, 5.41) is 8.92. The van der Waals surface area contributed by atoms with Gasteiger partial charge in [0.1, 0.15) is 12.2 Å². The lowest BCUT2D eigenvalue weighted by Gasteiger charge is -2.01. The zero-order valence-electron chi connectivity index (χ0n) is 9.01. The molecule has 0 amide bonds. The van der Waals surface area contributed by atoms with Crippen molar-refractivity contribution in [2.24, 2.45) is 0 Å². The van der Waals surface area contributed by atoms with Gasteiger partial charge in [-0.15, -0.1) is 0 Å². The molecule has 0 saturated heterocycles. The number of ketones is 1. The first-order valence-electron chi connectivity index (χ1n) is 4.62. The highest BCUT2D eigenvalue weighted by Gasteiger charge is 2.16. The number of carbonyl (C=O) groups excluding carboxylic acids is 1. The van der Waals surface area contributed by atoms with Crippen molar-refractivity contribution in [3.8, 4) is 0 Å². The molecule has 0 radical (unpaired) electrons. The molecule has 0 saturated carbocycles. The summed E-state index contributed by atoms with van der Waals surface area (Å²) in [7, 11) is 1.33. The van der Waals surface area contributed by atoms with Crippen molar-refractivity contribution in [1.29, 1.82) is 0 Å². The fourth-order valence-corrected chi connectivity index (χ4v) is 1.53. The Bertz CT molecular complexity index is 470. The van der Waals surface area contributed by atoms with E-state index in [0.717, 1.165) is 0 Å². The second-order valence-electron chi connectivity index (χ2n) is 3.16. The van der Waals surface area contributed by atoms with Gasteiger partial charge >= 0.3 is 5.97 Å². The van der Waals surface area contributed by atoms with Crippen LogP contribution in [-0.2, 0) is 14.3 Å². The largest absolute Gasteiger partial charge is 0.478 e. The number of aromatic nitrogens is 1. The Hall–Kier alpha value is -1.53. The normalized spacial score (nSPS) is 11.3. The smallest absolute Gasteiger partial charge is 0.339 e. The van der Waals surface area contributed by atoms with Crippen LogP contribution in [0.4, 0.5) is 0 Å². The van der Waals surface area contributed by atoms with Crippen LogP contribution >= 0.6 is 15.9 Å². The van der Waals surface area contributed by atoms with Gasteiger partial charge in [-0.25, -0.2) is 4.79 Å². The van der Waals surface area contributed by atoms with E-state index in [0.29, 0.717) is 10.0 Å². The van der Waals surface area contributed by atoms with Crippen LogP contribution in [0.25, 0.3) is 6.08 Å². The van der Waals surface area contributed by atoms with Gasteiger partial charge in [-0.3, -0.25) is 9.78 Å². The Balaban J connectivity index is 3.06. The van der Waals surface area contributed by atoms with Gasteiger partial charge in [0.15, 0.2) is 5.78 Å². The van der Waals surface area contributed by atoms with Crippen LogP contribution in [0.3, 0.4) is 0 Å². The average molecular weight is 300 g/mol. The van der Waals surface area contributed by atoms with Gasteiger partial charge in [0, 0.05) is 24.0 Å². The summed E-state index contributed by atoms with van der Waals surface area (Å²) in [6, 6.07) is 1.66. The van der Waals surface area contributed by atoms with Gasteiger partial charge in [0.25, 0.3) is 0 Å². The van der Waals surface area contributed by atoms with Crippen molar-refractivity contribution in [2.75, 3.05) is 13.7 Å². The highest BCUT2D eigenvalue weighted by molar-refractivity contribution is 9.10. The number of carboxylic acids is 1. The van der Waals surface area contributed by atoms with Gasteiger partial charge in [-0.1, -0.05) is 0 Å². The maximum absolute atomic E-state index is 11.5. The van der Waals surface area contributed by atoms with Gasteiger partial charge in [0.05, 0.1) is 0 Å². The minimum atomic E-state index is -1.29. The maximum Gasteiger partial charge on any atom is 0.339 e. The summed E-state index contributed by atoms with van der Waals surface area (Å²) < 4.78 is 5.32. The second-order valence-corrected chi connectivity index (χ2v) is 4.07. The molecule has 0 aliphatic carbocycles. The molecule has 1 aromatic rings. The van der Waals surface area contributed by atoms with Crippen molar-refractivity contribution < 1.29 is 19.4 Å². The Morgan fingerprint density at radius 3 is 2.76 bits per heavy atom. The second kappa shape index (κ2) is 6.27. The number of carboxylic acid groups (broad SMARTS) is 1. The molecule has 0 atom stereocenters. The van der Waals surface area contributed by atoms with E-state index in [1.807, 2.05) is 0 Å². The highest BCUT2D eigenvalue weighted by Crippen LogP contribution is 2.13. The molecule has 1 heterocycles. The van der Waals surface area contributed by atoms with Gasteiger partial charge in [-0.05, 0) is 33.6 Å².